The van der Waals surface area contributed by atoms with Gasteiger partial charge in [-0.2, -0.15) is 0 Å². The van der Waals surface area contributed by atoms with Gasteiger partial charge in [0.25, 0.3) is 0 Å². The molecule has 0 saturated carbocycles. The summed E-state index contributed by atoms with van der Waals surface area (Å²) in [4.78, 5) is 0. The van der Waals surface area contributed by atoms with Crippen molar-refractivity contribution in [3.63, 3.8) is 0 Å². The summed E-state index contributed by atoms with van der Waals surface area (Å²) in [5.74, 6) is 0. The SMILES string of the molecule is CCCCC(C)OC(O)CC. The third-order valence-electron chi connectivity index (χ3n) is 1.70. The van der Waals surface area contributed by atoms with Crippen LogP contribution in [0.2, 0.25) is 0 Å². The summed E-state index contributed by atoms with van der Waals surface area (Å²) in [6, 6.07) is 0. The fraction of sp³-hybridized carbons (Fsp3) is 1.00. The van der Waals surface area contributed by atoms with Crippen LogP contribution in [0.5, 0.6) is 0 Å². The van der Waals surface area contributed by atoms with E-state index in [0.717, 1.165) is 6.42 Å². The molecule has 0 rings (SSSR count). The van der Waals surface area contributed by atoms with Gasteiger partial charge in [-0.15, -0.1) is 0 Å². The van der Waals surface area contributed by atoms with E-state index in [4.69, 9.17) is 9.84 Å². The smallest absolute Gasteiger partial charge is 0.154 e. The first-order valence-electron chi connectivity index (χ1n) is 4.54. The molecule has 68 valence electrons. The first-order valence-corrected chi connectivity index (χ1v) is 4.54. The summed E-state index contributed by atoms with van der Waals surface area (Å²) in [6.07, 6.45) is 3.73. The molecule has 2 atom stereocenters. The Morgan fingerprint density at radius 3 is 2.45 bits per heavy atom. The quantitative estimate of drug-likeness (QED) is 0.604. The zero-order valence-corrected chi connectivity index (χ0v) is 7.84. The van der Waals surface area contributed by atoms with Crippen molar-refractivity contribution in [1.82, 2.24) is 0 Å². The van der Waals surface area contributed by atoms with E-state index in [1.807, 2.05) is 13.8 Å². The van der Waals surface area contributed by atoms with Gasteiger partial charge in [0.2, 0.25) is 0 Å². The summed E-state index contributed by atoms with van der Waals surface area (Å²) in [5, 5.41) is 9.11. The fourth-order valence-corrected chi connectivity index (χ4v) is 0.924. The van der Waals surface area contributed by atoms with E-state index in [-0.39, 0.29) is 6.10 Å². The summed E-state index contributed by atoms with van der Waals surface area (Å²) in [6.45, 7) is 6.08. The highest BCUT2D eigenvalue weighted by Gasteiger charge is 2.06. The zero-order chi connectivity index (χ0) is 8.69. The van der Waals surface area contributed by atoms with E-state index < -0.39 is 6.29 Å². The van der Waals surface area contributed by atoms with Gasteiger partial charge in [-0.1, -0.05) is 26.7 Å². The Labute approximate surface area is 69.6 Å². The standard InChI is InChI=1S/C9H20O2/c1-4-6-7-8(3)11-9(10)5-2/h8-10H,4-7H2,1-3H3. The molecule has 2 unspecified atom stereocenters. The molecule has 0 saturated heterocycles. The van der Waals surface area contributed by atoms with E-state index >= 15 is 0 Å². The number of ether oxygens (including phenoxy) is 1. The molecule has 0 aliphatic heterocycles. The first-order chi connectivity index (χ1) is 5.20. The number of unbranched alkanes of at least 4 members (excludes halogenated alkanes) is 1. The highest BCUT2D eigenvalue weighted by molar-refractivity contribution is 4.50. The molecule has 0 fully saturated rings. The predicted molar refractivity (Wildman–Crippen MR) is 46.4 cm³/mol. The molecule has 2 heteroatoms. The minimum absolute atomic E-state index is 0.199. The maximum Gasteiger partial charge on any atom is 0.154 e. The second kappa shape index (κ2) is 6.62. The van der Waals surface area contributed by atoms with Crippen molar-refractivity contribution >= 4 is 0 Å². The molecular formula is C9H20O2. The Balaban J connectivity index is 3.27. The average molecular weight is 160 g/mol. The molecule has 0 radical (unpaired) electrons. The van der Waals surface area contributed by atoms with Crippen LogP contribution in [0.3, 0.4) is 0 Å². The Morgan fingerprint density at radius 2 is 2.00 bits per heavy atom. The lowest BCUT2D eigenvalue weighted by Gasteiger charge is -2.16. The molecule has 0 bridgehead atoms. The molecule has 0 aliphatic carbocycles. The van der Waals surface area contributed by atoms with E-state index in [2.05, 4.69) is 6.92 Å². The van der Waals surface area contributed by atoms with Crippen LogP contribution in [0.25, 0.3) is 0 Å². The van der Waals surface area contributed by atoms with Crippen LogP contribution in [0.4, 0.5) is 0 Å². The first kappa shape index (κ1) is 10.9. The number of hydrogen-bond acceptors (Lipinski definition) is 2. The maximum atomic E-state index is 9.11. The highest BCUT2D eigenvalue weighted by Crippen LogP contribution is 2.06. The number of aliphatic hydroxyl groups is 1. The summed E-state index contributed by atoms with van der Waals surface area (Å²) < 4.78 is 5.26. The lowest BCUT2D eigenvalue weighted by atomic mass is 10.2. The molecule has 0 amide bonds. The van der Waals surface area contributed by atoms with Gasteiger partial charge in [-0.3, -0.25) is 0 Å². The predicted octanol–water partition coefficient (Wildman–Crippen LogP) is 2.31. The highest BCUT2D eigenvalue weighted by atomic mass is 16.6. The monoisotopic (exact) mass is 160 g/mol. The van der Waals surface area contributed by atoms with Gasteiger partial charge < -0.3 is 9.84 Å². The van der Waals surface area contributed by atoms with Gasteiger partial charge in [-0.05, 0) is 19.8 Å². The molecule has 0 heterocycles. The molecule has 0 spiro atoms. The lowest BCUT2D eigenvalue weighted by molar-refractivity contribution is -0.133. The normalized spacial score (nSPS) is 16.4. The van der Waals surface area contributed by atoms with Crippen LogP contribution in [-0.4, -0.2) is 17.5 Å². The molecule has 0 aromatic carbocycles. The van der Waals surface area contributed by atoms with Crippen LogP contribution in [0.1, 0.15) is 46.5 Å². The Bertz CT molecular complexity index is 83.6. The van der Waals surface area contributed by atoms with Crippen molar-refractivity contribution in [1.29, 1.82) is 0 Å². The number of rotatable bonds is 6. The van der Waals surface area contributed by atoms with Crippen molar-refractivity contribution in [2.75, 3.05) is 0 Å². The molecule has 0 aromatic rings. The van der Waals surface area contributed by atoms with Gasteiger partial charge in [0, 0.05) is 0 Å². The Hall–Kier alpha value is -0.0800. The van der Waals surface area contributed by atoms with Crippen LogP contribution in [0.15, 0.2) is 0 Å². The van der Waals surface area contributed by atoms with Crippen LogP contribution in [0, 0.1) is 0 Å². The van der Waals surface area contributed by atoms with Crippen molar-refractivity contribution in [2.45, 2.75) is 58.8 Å². The average Bonchev–Trinajstić information content (AvgIpc) is 2.00. The Kier molecular flexibility index (Phi) is 6.57. The van der Waals surface area contributed by atoms with Crippen molar-refractivity contribution in [3.8, 4) is 0 Å². The molecule has 11 heavy (non-hydrogen) atoms. The molecule has 2 nitrogen and oxygen atoms in total. The minimum Gasteiger partial charge on any atom is -0.368 e. The van der Waals surface area contributed by atoms with Crippen LogP contribution >= 0.6 is 0 Å². The largest absolute Gasteiger partial charge is 0.368 e. The van der Waals surface area contributed by atoms with E-state index in [1.54, 1.807) is 0 Å². The van der Waals surface area contributed by atoms with Gasteiger partial charge in [0.15, 0.2) is 6.29 Å². The third kappa shape index (κ3) is 6.32. The van der Waals surface area contributed by atoms with E-state index in [9.17, 15) is 0 Å². The van der Waals surface area contributed by atoms with Crippen LogP contribution < -0.4 is 0 Å². The van der Waals surface area contributed by atoms with E-state index in [0.29, 0.717) is 6.42 Å². The van der Waals surface area contributed by atoms with E-state index in [1.165, 1.54) is 12.8 Å². The summed E-state index contributed by atoms with van der Waals surface area (Å²) in [5.41, 5.74) is 0. The second-order valence-electron chi connectivity index (χ2n) is 2.95. The fourth-order valence-electron chi connectivity index (χ4n) is 0.924. The molecule has 1 N–H and O–H groups in total. The molecule has 0 aromatic heterocycles. The number of aliphatic hydroxyl groups excluding tert-OH is 1. The molecule has 0 aliphatic rings. The number of hydrogen-bond donors (Lipinski definition) is 1. The maximum absolute atomic E-state index is 9.11. The summed E-state index contributed by atoms with van der Waals surface area (Å²) >= 11 is 0. The Morgan fingerprint density at radius 1 is 1.36 bits per heavy atom. The van der Waals surface area contributed by atoms with Gasteiger partial charge in [-0.25, -0.2) is 0 Å². The van der Waals surface area contributed by atoms with Gasteiger partial charge in [0.05, 0.1) is 6.10 Å². The van der Waals surface area contributed by atoms with Crippen molar-refractivity contribution < 1.29 is 9.84 Å². The van der Waals surface area contributed by atoms with Crippen LogP contribution in [-0.2, 0) is 4.74 Å². The van der Waals surface area contributed by atoms with Crippen molar-refractivity contribution in [3.05, 3.63) is 0 Å². The van der Waals surface area contributed by atoms with Gasteiger partial charge in [0.1, 0.15) is 0 Å². The topological polar surface area (TPSA) is 29.5 Å². The lowest BCUT2D eigenvalue weighted by Crippen LogP contribution is -2.18. The third-order valence-corrected chi connectivity index (χ3v) is 1.70. The zero-order valence-electron chi connectivity index (χ0n) is 7.84. The summed E-state index contributed by atoms with van der Waals surface area (Å²) in [7, 11) is 0. The second-order valence-corrected chi connectivity index (χ2v) is 2.95. The van der Waals surface area contributed by atoms with Crippen molar-refractivity contribution in [2.24, 2.45) is 0 Å². The molecular weight excluding hydrogens is 140 g/mol. The van der Waals surface area contributed by atoms with Gasteiger partial charge >= 0.3 is 0 Å². The minimum atomic E-state index is -0.568.